The number of nitrogens with one attached hydrogen (secondary N) is 1. The van der Waals surface area contributed by atoms with E-state index in [1.807, 2.05) is 0 Å². The SMILES string of the molecule is CCCC(CCN)CCC(=O)NC1CCN(CC)CC1. The van der Waals surface area contributed by atoms with Crippen LogP contribution in [0.5, 0.6) is 0 Å². The number of piperidine rings is 1. The van der Waals surface area contributed by atoms with Crippen molar-refractivity contribution in [2.45, 2.75) is 64.8 Å². The lowest BCUT2D eigenvalue weighted by Gasteiger charge is -2.31. The lowest BCUT2D eigenvalue weighted by molar-refractivity contribution is -0.122. The fourth-order valence-electron chi connectivity index (χ4n) is 3.11. The average Bonchev–Trinajstić information content (AvgIpc) is 2.46. The van der Waals surface area contributed by atoms with E-state index >= 15 is 0 Å². The largest absolute Gasteiger partial charge is 0.353 e. The zero-order valence-electron chi connectivity index (χ0n) is 13.4. The fraction of sp³-hybridized carbons (Fsp3) is 0.938. The normalized spacial score (nSPS) is 18.9. The molecule has 1 fully saturated rings. The first-order valence-electron chi connectivity index (χ1n) is 8.41. The van der Waals surface area contributed by atoms with Crippen molar-refractivity contribution >= 4 is 5.91 Å². The van der Waals surface area contributed by atoms with Gasteiger partial charge in [0.25, 0.3) is 0 Å². The van der Waals surface area contributed by atoms with E-state index in [0.29, 0.717) is 18.4 Å². The first-order chi connectivity index (χ1) is 9.69. The molecule has 4 nitrogen and oxygen atoms in total. The fourth-order valence-corrected chi connectivity index (χ4v) is 3.11. The van der Waals surface area contributed by atoms with E-state index in [1.54, 1.807) is 0 Å². The Hall–Kier alpha value is -0.610. The van der Waals surface area contributed by atoms with Crippen LogP contribution in [0, 0.1) is 5.92 Å². The molecule has 0 saturated carbocycles. The molecule has 1 heterocycles. The minimum absolute atomic E-state index is 0.234. The molecule has 1 aliphatic rings. The van der Waals surface area contributed by atoms with Crippen LogP contribution in [-0.4, -0.2) is 43.0 Å². The van der Waals surface area contributed by atoms with Crippen LogP contribution in [0.2, 0.25) is 0 Å². The number of carbonyl (C=O) groups is 1. The second-order valence-electron chi connectivity index (χ2n) is 6.05. The molecule has 4 heteroatoms. The Kier molecular flexibility index (Phi) is 8.86. The van der Waals surface area contributed by atoms with Gasteiger partial charge in [-0.15, -0.1) is 0 Å². The maximum atomic E-state index is 12.0. The molecule has 1 aliphatic heterocycles. The Morgan fingerprint density at radius 1 is 1.25 bits per heavy atom. The van der Waals surface area contributed by atoms with Crippen molar-refractivity contribution in [2.75, 3.05) is 26.2 Å². The van der Waals surface area contributed by atoms with Gasteiger partial charge in [-0.05, 0) is 44.7 Å². The predicted molar refractivity (Wildman–Crippen MR) is 84.6 cm³/mol. The maximum Gasteiger partial charge on any atom is 0.220 e. The van der Waals surface area contributed by atoms with E-state index < -0.39 is 0 Å². The van der Waals surface area contributed by atoms with E-state index in [2.05, 4.69) is 24.1 Å². The molecule has 20 heavy (non-hydrogen) atoms. The highest BCUT2D eigenvalue weighted by molar-refractivity contribution is 5.76. The molecule has 0 aliphatic carbocycles. The minimum atomic E-state index is 0.234. The molecular formula is C16H33N3O. The van der Waals surface area contributed by atoms with Gasteiger partial charge in [-0.3, -0.25) is 4.79 Å². The summed E-state index contributed by atoms with van der Waals surface area (Å²) in [6, 6.07) is 0.393. The van der Waals surface area contributed by atoms with Crippen molar-refractivity contribution in [3.05, 3.63) is 0 Å². The maximum absolute atomic E-state index is 12.0. The number of hydrogen-bond acceptors (Lipinski definition) is 3. The Morgan fingerprint density at radius 2 is 1.95 bits per heavy atom. The molecular weight excluding hydrogens is 250 g/mol. The van der Waals surface area contributed by atoms with Gasteiger partial charge in [0.15, 0.2) is 0 Å². The Balaban J connectivity index is 2.19. The van der Waals surface area contributed by atoms with Crippen molar-refractivity contribution in [3.63, 3.8) is 0 Å². The van der Waals surface area contributed by atoms with E-state index in [0.717, 1.165) is 51.9 Å². The van der Waals surface area contributed by atoms with Crippen LogP contribution in [0.3, 0.4) is 0 Å². The molecule has 118 valence electrons. The van der Waals surface area contributed by atoms with Crippen LogP contribution in [-0.2, 0) is 4.79 Å². The van der Waals surface area contributed by atoms with Gasteiger partial charge >= 0.3 is 0 Å². The van der Waals surface area contributed by atoms with Gasteiger partial charge in [-0.2, -0.15) is 0 Å². The summed E-state index contributed by atoms with van der Waals surface area (Å²) in [6.45, 7) is 8.50. The zero-order chi connectivity index (χ0) is 14.8. The van der Waals surface area contributed by atoms with Crippen LogP contribution in [0.4, 0.5) is 0 Å². The lowest BCUT2D eigenvalue weighted by atomic mass is 9.94. The number of nitrogens with zero attached hydrogens (tertiary/aromatic N) is 1. The number of amides is 1. The van der Waals surface area contributed by atoms with Crippen LogP contribution in [0.25, 0.3) is 0 Å². The standard InChI is InChI=1S/C16H33N3O/c1-3-5-14(8-11-17)6-7-16(20)18-15-9-12-19(4-2)13-10-15/h14-15H,3-13,17H2,1-2H3,(H,18,20). The highest BCUT2D eigenvalue weighted by Crippen LogP contribution is 2.17. The molecule has 0 aromatic heterocycles. The molecule has 0 aromatic carbocycles. The third kappa shape index (κ3) is 6.71. The highest BCUT2D eigenvalue weighted by Gasteiger charge is 2.19. The first-order valence-corrected chi connectivity index (χ1v) is 8.41. The molecule has 1 amide bonds. The lowest BCUT2D eigenvalue weighted by Crippen LogP contribution is -2.44. The number of nitrogens with two attached hydrogens (primary N) is 1. The third-order valence-corrected chi connectivity index (χ3v) is 4.45. The van der Waals surface area contributed by atoms with Gasteiger partial charge in [-0.1, -0.05) is 26.7 Å². The number of hydrogen-bond donors (Lipinski definition) is 2. The molecule has 1 saturated heterocycles. The minimum Gasteiger partial charge on any atom is -0.353 e. The predicted octanol–water partition coefficient (Wildman–Crippen LogP) is 2.13. The summed E-state index contributed by atoms with van der Waals surface area (Å²) in [4.78, 5) is 14.5. The van der Waals surface area contributed by atoms with E-state index in [1.165, 1.54) is 12.8 Å². The summed E-state index contributed by atoms with van der Waals surface area (Å²) in [5.74, 6) is 0.857. The smallest absolute Gasteiger partial charge is 0.220 e. The van der Waals surface area contributed by atoms with Gasteiger partial charge in [-0.25, -0.2) is 0 Å². The number of likely N-dealkylation sites (tertiary alicyclic amines) is 1. The molecule has 1 atom stereocenters. The zero-order valence-corrected chi connectivity index (χ0v) is 13.4. The van der Waals surface area contributed by atoms with Crippen LogP contribution in [0.1, 0.15) is 58.8 Å². The molecule has 0 radical (unpaired) electrons. The monoisotopic (exact) mass is 283 g/mol. The molecule has 0 aromatic rings. The van der Waals surface area contributed by atoms with Crippen LogP contribution in [0.15, 0.2) is 0 Å². The summed E-state index contributed by atoms with van der Waals surface area (Å²) in [6.07, 6.45) is 7.28. The van der Waals surface area contributed by atoms with Crippen LogP contribution >= 0.6 is 0 Å². The third-order valence-electron chi connectivity index (χ3n) is 4.45. The van der Waals surface area contributed by atoms with E-state index in [-0.39, 0.29) is 5.91 Å². The van der Waals surface area contributed by atoms with Crippen molar-refractivity contribution in [1.29, 1.82) is 0 Å². The molecule has 0 bridgehead atoms. The Labute approximate surface area is 124 Å². The quantitative estimate of drug-likeness (QED) is 0.681. The molecule has 1 unspecified atom stereocenters. The summed E-state index contributed by atoms with van der Waals surface area (Å²) in [5.41, 5.74) is 5.64. The van der Waals surface area contributed by atoms with Gasteiger partial charge < -0.3 is 16.0 Å². The van der Waals surface area contributed by atoms with Crippen molar-refractivity contribution in [3.8, 4) is 0 Å². The summed E-state index contributed by atoms with van der Waals surface area (Å²) < 4.78 is 0. The van der Waals surface area contributed by atoms with Crippen molar-refractivity contribution < 1.29 is 4.79 Å². The highest BCUT2D eigenvalue weighted by atomic mass is 16.1. The average molecular weight is 283 g/mol. The summed E-state index contributed by atoms with van der Waals surface area (Å²) in [7, 11) is 0. The van der Waals surface area contributed by atoms with E-state index in [9.17, 15) is 4.79 Å². The van der Waals surface area contributed by atoms with Gasteiger partial charge in [0.2, 0.25) is 5.91 Å². The second kappa shape index (κ2) is 10.2. The number of rotatable bonds is 9. The van der Waals surface area contributed by atoms with Crippen LogP contribution < -0.4 is 11.1 Å². The van der Waals surface area contributed by atoms with Gasteiger partial charge in [0.05, 0.1) is 0 Å². The van der Waals surface area contributed by atoms with Gasteiger partial charge in [0, 0.05) is 25.6 Å². The Bertz CT molecular complexity index is 256. The van der Waals surface area contributed by atoms with Crippen molar-refractivity contribution in [1.82, 2.24) is 10.2 Å². The summed E-state index contributed by atoms with van der Waals surface area (Å²) in [5, 5.41) is 3.21. The first kappa shape index (κ1) is 17.4. The van der Waals surface area contributed by atoms with E-state index in [4.69, 9.17) is 5.73 Å². The molecule has 3 N–H and O–H groups in total. The molecule has 1 rings (SSSR count). The number of carbonyl (C=O) groups excluding carboxylic acids is 1. The second-order valence-corrected chi connectivity index (χ2v) is 6.05. The Morgan fingerprint density at radius 3 is 2.50 bits per heavy atom. The van der Waals surface area contributed by atoms with Crippen molar-refractivity contribution in [2.24, 2.45) is 11.7 Å². The van der Waals surface area contributed by atoms with Gasteiger partial charge in [0.1, 0.15) is 0 Å². The topological polar surface area (TPSA) is 58.4 Å². The summed E-state index contributed by atoms with van der Waals surface area (Å²) >= 11 is 0. The molecule has 0 spiro atoms.